The van der Waals surface area contributed by atoms with Crippen molar-refractivity contribution >= 4 is 15.7 Å². The molecule has 1 aliphatic rings. The van der Waals surface area contributed by atoms with Gasteiger partial charge in [0, 0.05) is 24.7 Å². The van der Waals surface area contributed by atoms with Crippen molar-refractivity contribution in [3.05, 3.63) is 65.2 Å². The topological polar surface area (TPSA) is 66.5 Å². The summed E-state index contributed by atoms with van der Waals surface area (Å²) >= 11 is 0. The lowest BCUT2D eigenvalue weighted by molar-refractivity contribution is 0.0698. The summed E-state index contributed by atoms with van der Waals surface area (Å²) in [6, 6.07) is 14.1. The number of benzene rings is 2. The third kappa shape index (κ3) is 4.76. The van der Waals surface area contributed by atoms with Crippen LogP contribution in [0.5, 0.6) is 0 Å². The van der Waals surface area contributed by atoms with Crippen LogP contribution in [0.1, 0.15) is 34.3 Å². The number of hydrogen-bond acceptors (Lipinski definition) is 4. The molecule has 1 N–H and O–H groups in total. The molecule has 1 amide bonds. The molecular weight excluding hydrogens is 360 g/mol. The molecule has 2 aromatic rings. The van der Waals surface area contributed by atoms with Crippen molar-refractivity contribution < 1.29 is 13.2 Å². The molecule has 0 saturated carbocycles. The van der Waals surface area contributed by atoms with Crippen molar-refractivity contribution in [3.8, 4) is 0 Å². The summed E-state index contributed by atoms with van der Waals surface area (Å²) < 4.78 is 25.1. The number of likely N-dealkylation sites (N-methyl/N-ethyl adjacent to an activating group) is 1. The summed E-state index contributed by atoms with van der Waals surface area (Å²) in [5.74, 6) is -0.0707. The van der Waals surface area contributed by atoms with Crippen LogP contribution in [0.15, 0.2) is 53.4 Å². The molecule has 1 heterocycles. The highest BCUT2D eigenvalue weighted by molar-refractivity contribution is 7.90. The van der Waals surface area contributed by atoms with Gasteiger partial charge in [-0.2, -0.15) is 0 Å². The Balaban J connectivity index is 1.69. The summed E-state index contributed by atoms with van der Waals surface area (Å²) in [4.78, 5) is 14.9. The van der Waals surface area contributed by atoms with Gasteiger partial charge in [0.25, 0.3) is 5.91 Å². The Bertz CT molecular complexity index is 890. The molecule has 144 valence electrons. The van der Waals surface area contributed by atoms with E-state index in [2.05, 4.69) is 5.32 Å². The van der Waals surface area contributed by atoms with E-state index in [-0.39, 0.29) is 11.7 Å². The largest absolute Gasteiger partial charge is 0.337 e. The minimum Gasteiger partial charge on any atom is -0.337 e. The summed E-state index contributed by atoms with van der Waals surface area (Å²) in [5.41, 5.74) is 2.30. The van der Waals surface area contributed by atoms with E-state index in [1.807, 2.05) is 18.9 Å². The molecule has 1 aliphatic heterocycles. The van der Waals surface area contributed by atoms with E-state index < -0.39 is 9.84 Å². The number of nitrogens with zero attached hydrogens (tertiary/aromatic N) is 1. The van der Waals surface area contributed by atoms with Gasteiger partial charge >= 0.3 is 0 Å². The summed E-state index contributed by atoms with van der Waals surface area (Å²) in [6.07, 6.45) is 2.07. The lowest BCUT2D eigenvalue weighted by Gasteiger charge is -2.32. The zero-order chi connectivity index (χ0) is 19.4. The summed E-state index contributed by atoms with van der Waals surface area (Å²) in [7, 11) is -1.48. The second kappa shape index (κ2) is 8.23. The fraction of sp³-hybridized carbons (Fsp3) is 0.381. The highest BCUT2D eigenvalue weighted by Crippen LogP contribution is 2.19. The van der Waals surface area contributed by atoms with Gasteiger partial charge in [-0.1, -0.05) is 29.8 Å². The van der Waals surface area contributed by atoms with E-state index in [1.165, 1.54) is 0 Å². The van der Waals surface area contributed by atoms with Crippen LogP contribution in [0.25, 0.3) is 0 Å². The van der Waals surface area contributed by atoms with Crippen molar-refractivity contribution in [3.63, 3.8) is 0 Å². The lowest BCUT2D eigenvalue weighted by Crippen LogP contribution is -2.46. The van der Waals surface area contributed by atoms with Crippen molar-refractivity contribution in [2.24, 2.45) is 0 Å². The monoisotopic (exact) mass is 386 g/mol. The van der Waals surface area contributed by atoms with Gasteiger partial charge in [-0.25, -0.2) is 8.42 Å². The van der Waals surface area contributed by atoms with Gasteiger partial charge in [0.15, 0.2) is 9.84 Å². The van der Waals surface area contributed by atoms with E-state index in [0.717, 1.165) is 24.9 Å². The first-order valence-corrected chi connectivity index (χ1v) is 10.9. The Hall–Kier alpha value is -2.18. The standard InChI is InChI=1S/C21H26N2O3S/c1-16-5-11-20(12-6-16)27(25,26)15-17-7-9-18(10-8-17)21(24)23-13-3-4-19(14-23)22-2/h5-12,19,22H,3-4,13-15H2,1-2H3. The molecule has 0 aliphatic carbocycles. The average molecular weight is 387 g/mol. The maximum atomic E-state index is 12.7. The molecule has 0 radical (unpaired) electrons. The first kappa shape index (κ1) is 19.6. The van der Waals surface area contributed by atoms with Gasteiger partial charge in [-0.15, -0.1) is 0 Å². The molecule has 1 fully saturated rings. The number of nitrogens with one attached hydrogen (secondary N) is 1. The van der Waals surface area contributed by atoms with Gasteiger partial charge in [0.05, 0.1) is 10.6 Å². The zero-order valence-electron chi connectivity index (χ0n) is 15.8. The number of aryl methyl sites for hydroxylation is 1. The van der Waals surface area contributed by atoms with E-state index in [9.17, 15) is 13.2 Å². The molecule has 3 rings (SSSR count). The van der Waals surface area contributed by atoms with Crippen molar-refractivity contribution in [2.45, 2.75) is 36.5 Å². The van der Waals surface area contributed by atoms with E-state index in [4.69, 9.17) is 0 Å². The molecule has 1 unspecified atom stereocenters. The average Bonchev–Trinajstić information content (AvgIpc) is 2.68. The Morgan fingerprint density at radius 1 is 1.11 bits per heavy atom. The number of amides is 1. The number of carbonyl (C=O) groups excluding carboxylic acids is 1. The van der Waals surface area contributed by atoms with Crippen LogP contribution < -0.4 is 5.32 Å². The van der Waals surface area contributed by atoms with Gasteiger partial charge in [0.1, 0.15) is 0 Å². The Morgan fingerprint density at radius 2 is 1.78 bits per heavy atom. The van der Waals surface area contributed by atoms with Gasteiger partial charge in [-0.05, 0) is 56.6 Å². The van der Waals surface area contributed by atoms with Crippen LogP contribution in [0, 0.1) is 6.92 Å². The van der Waals surface area contributed by atoms with Crippen LogP contribution >= 0.6 is 0 Å². The number of hydrogen-bond donors (Lipinski definition) is 1. The fourth-order valence-electron chi connectivity index (χ4n) is 3.37. The molecule has 1 saturated heterocycles. The second-order valence-corrected chi connectivity index (χ2v) is 9.14. The smallest absolute Gasteiger partial charge is 0.253 e. The van der Waals surface area contributed by atoms with Gasteiger partial charge < -0.3 is 10.2 Å². The molecule has 0 bridgehead atoms. The number of carbonyl (C=O) groups is 1. The first-order chi connectivity index (χ1) is 12.9. The molecule has 1 atom stereocenters. The van der Waals surface area contributed by atoms with Gasteiger partial charge in [-0.3, -0.25) is 4.79 Å². The number of likely N-dealkylation sites (tertiary alicyclic amines) is 1. The van der Waals surface area contributed by atoms with Crippen LogP contribution in [0.4, 0.5) is 0 Å². The zero-order valence-corrected chi connectivity index (χ0v) is 16.6. The van der Waals surface area contributed by atoms with Crippen molar-refractivity contribution in [1.29, 1.82) is 0 Å². The molecule has 0 aromatic heterocycles. The lowest BCUT2D eigenvalue weighted by atomic mass is 10.0. The molecular formula is C21H26N2O3S. The van der Waals surface area contributed by atoms with Crippen LogP contribution in [0.2, 0.25) is 0 Å². The van der Waals surface area contributed by atoms with E-state index in [1.54, 1.807) is 48.5 Å². The predicted molar refractivity (Wildman–Crippen MR) is 106 cm³/mol. The Morgan fingerprint density at radius 3 is 2.41 bits per heavy atom. The van der Waals surface area contributed by atoms with Crippen LogP contribution in [-0.2, 0) is 15.6 Å². The highest BCUT2D eigenvalue weighted by Gasteiger charge is 2.23. The minimum atomic E-state index is -3.40. The fourth-order valence-corrected chi connectivity index (χ4v) is 4.72. The number of piperidine rings is 1. The molecule has 5 nitrogen and oxygen atoms in total. The van der Waals surface area contributed by atoms with E-state index >= 15 is 0 Å². The van der Waals surface area contributed by atoms with Crippen LogP contribution in [-0.4, -0.2) is 45.4 Å². The number of sulfone groups is 1. The third-order valence-electron chi connectivity index (χ3n) is 5.05. The van der Waals surface area contributed by atoms with Gasteiger partial charge in [0.2, 0.25) is 0 Å². The van der Waals surface area contributed by atoms with Crippen LogP contribution in [0.3, 0.4) is 0 Å². The Labute approximate surface area is 161 Å². The summed E-state index contributed by atoms with van der Waals surface area (Å²) in [5, 5.41) is 3.23. The second-order valence-electron chi connectivity index (χ2n) is 7.15. The maximum Gasteiger partial charge on any atom is 0.253 e. The normalized spacial score (nSPS) is 17.7. The van der Waals surface area contributed by atoms with Crippen molar-refractivity contribution in [1.82, 2.24) is 10.2 Å². The van der Waals surface area contributed by atoms with Crippen molar-refractivity contribution in [2.75, 3.05) is 20.1 Å². The molecule has 6 heteroatoms. The SMILES string of the molecule is CNC1CCCN(C(=O)c2ccc(CS(=O)(=O)c3ccc(C)cc3)cc2)C1. The number of rotatable bonds is 5. The first-order valence-electron chi connectivity index (χ1n) is 9.24. The quantitative estimate of drug-likeness (QED) is 0.858. The maximum absolute atomic E-state index is 12.7. The molecule has 0 spiro atoms. The molecule has 2 aromatic carbocycles. The van der Waals surface area contributed by atoms with E-state index in [0.29, 0.717) is 28.6 Å². The predicted octanol–water partition coefficient (Wildman–Crippen LogP) is 2.79. The Kier molecular flexibility index (Phi) is 5.97. The third-order valence-corrected chi connectivity index (χ3v) is 6.76. The highest BCUT2D eigenvalue weighted by atomic mass is 32.2. The summed E-state index contributed by atoms with van der Waals surface area (Å²) in [6.45, 7) is 3.40. The minimum absolute atomic E-state index is 0.00268. The molecule has 27 heavy (non-hydrogen) atoms.